The van der Waals surface area contributed by atoms with E-state index >= 15 is 0 Å². The zero-order valence-corrected chi connectivity index (χ0v) is 25.4. The molecule has 36 heavy (non-hydrogen) atoms. The third kappa shape index (κ3) is 7.11. The van der Waals surface area contributed by atoms with E-state index in [0.29, 0.717) is 0 Å². The van der Waals surface area contributed by atoms with E-state index in [1.807, 2.05) is 0 Å². The topological polar surface area (TPSA) is 9.23 Å². The molecule has 1 aliphatic carbocycles. The van der Waals surface area contributed by atoms with E-state index in [-0.39, 0.29) is 35.6 Å². The smallest absolute Gasteiger partial charge is 0.147 e. The van der Waals surface area contributed by atoms with Gasteiger partial charge in [-0.1, -0.05) is 0 Å². The molecule has 4 heteroatoms. The van der Waals surface area contributed by atoms with Crippen LogP contribution in [-0.2, 0) is 23.2 Å². The molecule has 0 amide bonds. The summed E-state index contributed by atoms with van der Waals surface area (Å²) in [7, 11) is 0. The molecule has 0 unspecified atom stereocenters. The van der Waals surface area contributed by atoms with Crippen LogP contribution in [0, 0.1) is 5.41 Å². The largest absolute Gasteiger partial charge is 0.147 e. The maximum atomic E-state index is 7.16. The molecule has 0 radical (unpaired) electrons. The van der Waals surface area contributed by atoms with Crippen molar-refractivity contribution in [1.29, 1.82) is 0 Å². The van der Waals surface area contributed by atoms with Crippen LogP contribution in [-0.4, -0.2) is 3.81 Å². The molecule has 0 saturated carbocycles. The van der Waals surface area contributed by atoms with E-state index in [1.165, 1.54) is 30.0 Å². The number of hydrogen-bond donors (Lipinski definition) is 0. The van der Waals surface area contributed by atoms with Gasteiger partial charge in [0.2, 0.25) is 0 Å². The summed E-state index contributed by atoms with van der Waals surface area (Å²) in [5.41, 5.74) is 5.44. The van der Waals surface area contributed by atoms with Gasteiger partial charge in [0.05, 0.1) is 0 Å². The molecule has 3 aromatic rings. The van der Waals surface area contributed by atoms with Crippen molar-refractivity contribution in [2.45, 2.75) is 53.4 Å². The molecule has 0 N–H and O–H groups in total. The molecule has 4 rings (SSSR count). The molecule has 1 aliphatic rings. The van der Waals surface area contributed by atoms with Crippen LogP contribution < -0.4 is 3.32 Å². The van der Waals surface area contributed by atoms with Gasteiger partial charge in [0.15, 0.2) is 0 Å². The Hall–Kier alpha value is -1.90. The summed E-state index contributed by atoms with van der Waals surface area (Å²) in [6.07, 6.45) is 5.64. The molecule has 0 spiro atoms. The van der Waals surface area contributed by atoms with Crippen molar-refractivity contribution >= 4 is 28.6 Å². The first kappa shape index (κ1) is 30.3. The van der Waals surface area contributed by atoms with E-state index in [1.54, 1.807) is 0 Å². The predicted molar refractivity (Wildman–Crippen MR) is 157 cm³/mol. The molecule has 0 aromatic heterocycles. The Labute approximate surface area is 236 Å². The zero-order valence-electron chi connectivity index (χ0n) is 22.2. The van der Waals surface area contributed by atoms with E-state index < -0.39 is 17.8 Å². The van der Waals surface area contributed by atoms with Crippen LogP contribution >= 0.6 is 24.8 Å². The van der Waals surface area contributed by atoms with Crippen molar-refractivity contribution in [3.05, 3.63) is 123 Å². The van der Waals surface area contributed by atoms with Crippen LogP contribution in [0.1, 0.15) is 64.7 Å². The number of benzene rings is 3. The maximum absolute atomic E-state index is 7.16. The molecule has 0 saturated heterocycles. The fraction of sp³-hybridized carbons (Fsp3) is 0.281. The van der Waals surface area contributed by atoms with Crippen molar-refractivity contribution in [2.24, 2.45) is 5.41 Å². The summed E-state index contributed by atoms with van der Waals surface area (Å²) in [5.74, 6) is 0.986. The molecule has 0 aliphatic heterocycles. The number of allylic oxidation sites excluding steroid dienone is 4. The average Bonchev–Trinajstić information content (AvgIpc) is 3.30. The second-order valence-electron chi connectivity index (χ2n) is 11.1. The van der Waals surface area contributed by atoms with Crippen molar-refractivity contribution in [2.75, 3.05) is 0 Å². The first-order chi connectivity index (χ1) is 16.1. The van der Waals surface area contributed by atoms with Gasteiger partial charge in [-0.25, -0.2) is 0 Å². The summed E-state index contributed by atoms with van der Waals surface area (Å²) in [4.78, 5) is 0. The first-order valence-corrected chi connectivity index (χ1v) is 14.4. The van der Waals surface area contributed by atoms with Gasteiger partial charge in [0, 0.05) is 0 Å². The number of rotatable bonds is 5. The van der Waals surface area contributed by atoms with Gasteiger partial charge in [-0.15, -0.1) is 24.8 Å². The average molecular weight is 557 g/mol. The Kier molecular flexibility index (Phi) is 10.6. The number of halogens is 2. The Balaban J connectivity index is 0.00000228. The Morgan fingerprint density at radius 1 is 0.694 bits per heavy atom. The van der Waals surface area contributed by atoms with Crippen LogP contribution in [0.25, 0.3) is 0 Å². The maximum Gasteiger partial charge on any atom is -0.147 e. The van der Waals surface area contributed by atoms with E-state index in [2.05, 4.69) is 139 Å². The molecule has 3 aromatic carbocycles. The SMILES string of the molecule is CC(C)(C)C1=[C]([Ti]([O]c2cccc(C(C)(C)C)c2)=[C](c2ccccc2)c2ccccc2)CC=C1.Cl.Cl. The Morgan fingerprint density at radius 3 is 1.75 bits per heavy atom. The fourth-order valence-electron chi connectivity index (χ4n) is 4.47. The summed E-state index contributed by atoms with van der Waals surface area (Å²) in [5, 5.41) is 0. The van der Waals surface area contributed by atoms with E-state index in [9.17, 15) is 0 Å². The third-order valence-corrected chi connectivity index (χ3v) is 10.2. The van der Waals surface area contributed by atoms with E-state index in [0.717, 1.165) is 12.2 Å². The van der Waals surface area contributed by atoms with Gasteiger partial charge in [-0.05, 0) is 0 Å². The summed E-state index contributed by atoms with van der Waals surface area (Å²) >= 11 is -2.46. The molecule has 0 bridgehead atoms. The minimum Gasteiger partial charge on any atom is -0.147 e. The van der Waals surface area contributed by atoms with Crippen molar-refractivity contribution < 1.29 is 21.1 Å². The summed E-state index contributed by atoms with van der Waals surface area (Å²) in [6, 6.07) is 30.4. The Morgan fingerprint density at radius 2 is 1.25 bits per heavy atom. The van der Waals surface area contributed by atoms with Crippen molar-refractivity contribution in [3.8, 4) is 5.75 Å². The molecule has 190 valence electrons. The minimum absolute atomic E-state index is 0. The van der Waals surface area contributed by atoms with E-state index in [4.69, 9.17) is 3.32 Å². The monoisotopic (exact) mass is 556 g/mol. The summed E-state index contributed by atoms with van der Waals surface area (Å²) in [6.45, 7) is 13.7. The van der Waals surface area contributed by atoms with Crippen LogP contribution in [0.3, 0.4) is 0 Å². The second kappa shape index (κ2) is 12.6. The third-order valence-electron chi connectivity index (χ3n) is 6.29. The molecular weight excluding hydrogens is 519 g/mol. The van der Waals surface area contributed by atoms with Gasteiger partial charge in [0.1, 0.15) is 0 Å². The molecule has 0 fully saturated rings. The van der Waals surface area contributed by atoms with Crippen molar-refractivity contribution in [1.82, 2.24) is 0 Å². The normalized spacial score (nSPS) is 13.1. The quantitative estimate of drug-likeness (QED) is 0.284. The molecule has 0 heterocycles. The standard InChI is InChI=1S/C13H10.C10H14O.C9H13.2ClH.Ti/c1-3-7-12(8-4-1)11-13-9-5-2-6-10-13;1-10(2,3)8-5-4-6-9(11)7-8;1-9(2,3)8-6-4-5-7-8;;;/h1-10H;4-7,11H,1-3H3;4,6H,5H2,1-3H3;2*1H;/q;;;;;+1/p-1. The minimum atomic E-state index is -2.46. The second-order valence-corrected chi connectivity index (χ2v) is 14.1. The van der Waals surface area contributed by atoms with Gasteiger partial charge < -0.3 is 0 Å². The van der Waals surface area contributed by atoms with Crippen LogP contribution in [0.4, 0.5) is 0 Å². The Bertz CT molecular complexity index is 1200. The summed E-state index contributed by atoms with van der Waals surface area (Å²) < 4.78 is 10.1. The fourth-order valence-corrected chi connectivity index (χ4v) is 8.77. The molecule has 1 nitrogen and oxygen atoms in total. The molecular formula is C32H38Cl2OTi. The zero-order chi connectivity index (χ0) is 24.3. The van der Waals surface area contributed by atoms with Crippen LogP contribution in [0.5, 0.6) is 5.75 Å². The van der Waals surface area contributed by atoms with Crippen LogP contribution in [0.2, 0.25) is 0 Å². The number of hydrogen-bond acceptors (Lipinski definition) is 1. The molecule has 0 atom stereocenters. The predicted octanol–water partition coefficient (Wildman–Crippen LogP) is 9.27. The van der Waals surface area contributed by atoms with Gasteiger partial charge in [-0.2, -0.15) is 0 Å². The van der Waals surface area contributed by atoms with Gasteiger partial charge >= 0.3 is 213 Å². The first-order valence-electron chi connectivity index (χ1n) is 12.2. The van der Waals surface area contributed by atoms with Gasteiger partial charge in [-0.3, -0.25) is 0 Å². The van der Waals surface area contributed by atoms with Crippen LogP contribution in [0.15, 0.2) is 107 Å². The van der Waals surface area contributed by atoms with Gasteiger partial charge in [0.25, 0.3) is 0 Å². The van der Waals surface area contributed by atoms with Crippen molar-refractivity contribution in [3.63, 3.8) is 0 Å².